The van der Waals surface area contributed by atoms with E-state index >= 15 is 0 Å². The monoisotopic (exact) mass is 345 g/mol. The molecule has 0 aromatic carbocycles. The van der Waals surface area contributed by atoms with Gasteiger partial charge in [0.1, 0.15) is 22.7 Å². The molecule has 0 radical (unpaired) electrons. The number of aromatic nitrogens is 3. The molecule has 0 spiro atoms. The van der Waals surface area contributed by atoms with Crippen LogP contribution in [0.1, 0.15) is 63.2 Å². The van der Waals surface area contributed by atoms with Crippen LogP contribution in [0, 0.1) is 5.92 Å². The Morgan fingerprint density at radius 2 is 2.28 bits per heavy atom. The molecule has 7 heteroatoms. The summed E-state index contributed by atoms with van der Waals surface area (Å²) >= 11 is 0. The number of carbonyl (C=O) groups excluding carboxylic acids is 1. The summed E-state index contributed by atoms with van der Waals surface area (Å²) in [7, 11) is 0. The topological polar surface area (TPSA) is 120 Å². The van der Waals surface area contributed by atoms with E-state index in [2.05, 4.69) is 9.97 Å². The van der Waals surface area contributed by atoms with Gasteiger partial charge in [0.2, 0.25) is 0 Å². The number of allylic oxidation sites excluding steroid dienone is 3. The molecule has 1 atom stereocenters. The number of carbonyl (C=O) groups is 1. The highest BCUT2D eigenvalue weighted by molar-refractivity contribution is 6.10. The Hall–Kier alpha value is -2.83. The van der Waals surface area contributed by atoms with Gasteiger partial charge in [0.05, 0.1) is 11.9 Å². The summed E-state index contributed by atoms with van der Waals surface area (Å²) in [6.07, 6.45) is 4.36. The summed E-state index contributed by atoms with van der Waals surface area (Å²) in [6.45, 7) is -5.49. The second-order valence-corrected chi connectivity index (χ2v) is 6.34. The molecular formula is C18H21N5O2. The maximum Gasteiger partial charge on any atom is 0.254 e. The van der Waals surface area contributed by atoms with Crippen molar-refractivity contribution < 1.29 is 18.1 Å². The van der Waals surface area contributed by atoms with Crippen molar-refractivity contribution in [1.82, 2.24) is 14.5 Å². The maximum atomic E-state index is 12.2. The molecule has 2 heterocycles. The highest BCUT2D eigenvalue weighted by atomic mass is 16.3. The quantitative estimate of drug-likeness (QED) is 0.790. The molecule has 1 fully saturated rings. The van der Waals surface area contributed by atoms with Crippen LogP contribution >= 0.6 is 0 Å². The minimum absolute atomic E-state index is 0.0106. The molecule has 5 N–H and O–H groups in total. The van der Waals surface area contributed by atoms with Gasteiger partial charge < -0.3 is 16.6 Å². The molecule has 2 aromatic heterocycles. The van der Waals surface area contributed by atoms with E-state index < -0.39 is 36.9 Å². The van der Waals surface area contributed by atoms with Gasteiger partial charge in [-0.05, 0) is 32.2 Å². The summed E-state index contributed by atoms with van der Waals surface area (Å²) in [5.74, 6) is -2.85. The van der Waals surface area contributed by atoms with E-state index in [1.165, 1.54) is 6.20 Å². The molecule has 0 aliphatic heterocycles. The molecule has 2 aliphatic carbocycles. The Labute approximate surface area is 153 Å². The van der Waals surface area contributed by atoms with Crippen LogP contribution < -0.4 is 11.5 Å². The van der Waals surface area contributed by atoms with Crippen molar-refractivity contribution in [3.8, 4) is 0 Å². The van der Waals surface area contributed by atoms with Crippen molar-refractivity contribution >= 4 is 28.6 Å². The Balaban J connectivity index is 2.12. The van der Waals surface area contributed by atoms with Gasteiger partial charge in [-0.15, -0.1) is 0 Å². The lowest BCUT2D eigenvalue weighted by molar-refractivity contribution is 0.100. The zero-order valence-corrected chi connectivity index (χ0v) is 13.3. The predicted octanol–water partition coefficient (Wildman–Crippen LogP) is 2.70. The fraction of sp³-hybridized carbons (Fsp3) is 0.389. The minimum Gasteiger partial charge on any atom is -0.508 e. The Morgan fingerprint density at radius 3 is 2.92 bits per heavy atom. The number of aliphatic hydroxyl groups is 1. The third-order valence-electron chi connectivity index (χ3n) is 4.59. The van der Waals surface area contributed by atoms with E-state index in [4.69, 9.17) is 19.7 Å². The fourth-order valence-electron chi connectivity index (χ4n) is 3.15. The van der Waals surface area contributed by atoms with Gasteiger partial charge in [-0.1, -0.05) is 6.85 Å². The first kappa shape index (κ1) is 10.2. The molecule has 2 aliphatic rings. The summed E-state index contributed by atoms with van der Waals surface area (Å²) in [4.78, 5) is 21.0. The molecule has 130 valence electrons. The molecule has 7 nitrogen and oxygen atoms in total. The Kier molecular flexibility index (Phi) is 2.18. The number of rotatable bonds is 3. The van der Waals surface area contributed by atoms with Crippen molar-refractivity contribution in [1.29, 1.82) is 0 Å². The van der Waals surface area contributed by atoms with E-state index in [0.717, 1.165) is 23.5 Å². The molecule has 4 rings (SSSR count). The van der Waals surface area contributed by atoms with Crippen molar-refractivity contribution in [3.63, 3.8) is 0 Å². The first-order chi connectivity index (χ1) is 14.3. The molecular weight excluding hydrogens is 318 g/mol. The molecule has 1 amide bonds. The van der Waals surface area contributed by atoms with Crippen LogP contribution in [0.3, 0.4) is 0 Å². The average molecular weight is 345 g/mol. The highest BCUT2D eigenvalue weighted by Gasteiger charge is 2.31. The van der Waals surface area contributed by atoms with Gasteiger partial charge in [0, 0.05) is 31.3 Å². The lowest BCUT2D eigenvalue weighted by atomic mass is 9.93. The maximum absolute atomic E-state index is 12.2. The SMILES string of the molecule is [2H]C([2H])([2H])C1=C(n2c(N)c(C(N)=O)c3nc(C4CC4)cnc32)[C@H](C([2H])([2H])[2H])CC=C1O. The Bertz CT molecular complexity index is 1160. The standard InChI is InChI=1S/C18H21N5O2/c1-8-3-6-12(24)9(2)15(8)23-16(19)13(17(20)25)14-18(23)21-7-11(22-14)10-4-5-10/h6-8,10,24H,3-5,19H2,1-2H3,(H2,20,25)/t8-/m1/s1/i1D3,2D3. The molecule has 25 heavy (non-hydrogen) atoms. The third-order valence-corrected chi connectivity index (χ3v) is 4.59. The van der Waals surface area contributed by atoms with Crippen LogP contribution in [0.5, 0.6) is 0 Å². The summed E-state index contributed by atoms with van der Waals surface area (Å²) in [5, 5.41) is 10.4. The van der Waals surface area contributed by atoms with Gasteiger partial charge in [0.25, 0.3) is 5.91 Å². The second kappa shape index (κ2) is 5.34. The number of fused-ring (bicyclic) bond motifs is 1. The average Bonchev–Trinajstić information content (AvgIpc) is 3.42. The summed E-state index contributed by atoms with van der Waals surface area (Å²) < 4.78 is 48.7. The first-order valence-corrected chi connectivity index (χ1v) is 7.93. The van der Waals surface area contributed by atoms with Crippen molar-refractivity contribution in [3.05, 3.63) is 34.9 Å². The molecule has 1 saturated carbocycles. The first-order valence-electron chi connectivity index (χ1n) is 10.9. The molecule has 0 unspecified atom stereocenters. The lowest BCUT2D eigenvalue weighted by Gasteiger charge is -2.24. The largest absolute Gasteiger partial charge is 0.508 e. The number of anilines is 1. The van der Waals surface area contributed by atoms with Gasteiger partial charge >= 0.3 is 0 Å². The Morgan fingerprint density at radius 1 is 1.48 bits per heavy atom. The minimum atomic E-state index is -2.86. The van der Waals surface area contributed by atoms with Crippen molar-refractivity contribution in [2.75, 3.05) is 5.73 Å². The fourth-order valence-corrected chi connectivity index (χ4v) is 3.15. The summed E-state index contributed by atoms with van der Waals surface area (Å²) in [6, 6.07) is 0. The van der Waals surface area contributed by atoms with E-state index in [9.17, 15) is 9.90 Å². The molecule has 2 aromatic rings. The number of hydrogen-bond donors (Lipinski definition) is 3. The van der Waals surface area contributed by atoms with Gasteiger partial charge in [-0.2, -0.15) is 0 Å². The number of primary amides is 1. The third kappa shape index (κ3) is 2.30. The van der Waals surface area contributed by atoms with E-state index in [1.807, 2.05) is 0 Å². The van der Waals surface area contributed by atoms with Gasteiger partial charge in [-0.25, -0.2) is 9.97 Å². The van der Waals surface area contributed by atoms with Crippen LogP contribution in [0.4, 0.5) is 5.82 Å². The number of amides is 1. The lowest BCUT2D eigenvalue weighted by Crippen LogP contribution is -2.17. The van der Waals surface area contributed by atoms with Crippen molar-refractivity contribution in [2.24, 2.45) is 11.7 Å². The van der Waals surface area contributed by atoms with E-state index in [0.29, 0.717) is 5.69 Å². The van der Waals surface area contributed by atoms with E-state index in [-0.39, 0.29) is 40.6 Å². The number of nitrogen functional groups attached to an aromatic ring is 1. The summed E-state index contributed by atoms with van der Waals surface area (Å²) in [5.41, 5.74) is 11.5. The van der Waals surface area contributed by atoms with Crippen LogP contribution in [0.25, 0.3) is 16.9 Å². The zero-order chi connectivity index (χ0) is 22.9. The van der Waals surface area contributed by atoms with Crippen molar-refractivity contribution in [2.45, 2.75) is 38.9 Å². The number of hydrogen-bond acceptors (Lipinski definition) is 5. The van der Waals surface area contributed by atoms with Crippen LogP contribution in [-0.4, -0.2) is 25.5 Å². The molecule has 0 saturated heterocycles. The second-order valence-electron chi connectivity index (χ2n) is 6.34. The van der Waals surface area contributed by atoms with Gasteiger partial charge in [0.15, 0.2) is 5.65 Å². The number of nitrogens with zero attached hydrogens (tertiary/aromatic N) is 3. The smallest absolute Gasteiger partial charge is 0.254 e. The number of aliphatic hydroxyl groups excluding tert-OH is 1. The highest BCUT2D eigenvalue weighted by Crippen LogP contribution is 2.41. The zero-order valence-electron chi connectivity index (χ0n) is 19.3. The van der Waals surface area contributed by atoms with Gasteiger partial charge in [-0.3, -0.25) is 9.36 Å². The van der Waals surface area contributed by atoms with Crippen LogP contribution in [0.15, 0.2) is 23.6 Å². The van der Waals surface area contributed by atoms with Crippen LogP contribution in [-0.2, 0) is 0 Å². The number of nitrogens with two attached hydrogens (primary N) is 2. The normalized spacial score (nSPS) is 25.4. The van der Waals surface area contributed by atoms with E-state index in [1.54, 1.807) is 0 Å². The molecule has 0 bridgehead atoms. The van der Waals surface area contributed by atoms with Crippen LogP contribution in [0.2, 0.25) is 0 Å². The predicted molar refractivity (Wildman–Crippen MR) is 95.8 cm³/mol.